The largest absolute Gasteiger partial charge is 0.481 e. The monoisotopic (exact) mass is 217 g/mol. The van der Waals surface area contributed by atoms with Crippen molar-refractivity contribution in [2.24, 2.45) is 5.92 Å². The van der Waals surface area contributed by atoms with Gasteiger partial charge in [0, 0.05) is 27.1 Å². The van der Waals surface area contributed by atoms with Crippen LogP contribution in [0, 0.1) is 5.92 Å². The van der Waals surface area contributed by atoms with Gasteiger partial charge in [-0.3, -0.25) is 9.59 Å². The lowest BCUT2D eigenvalue weighted by atomic mass is 10.1. The van der Waals surface area contributed by atoms with Crippen LogP contribution >= 0.6 is 0 Å². The SMILES string of the molecule is COCC(C)C(=O)N(C)CCCC(=O)O. The lowest BCUT2D eigenvalue weighted by Gasteiger charge is -2.20. The Kier molecular flexibility index (Phi) is 6.70. The average molecular weight is 217 g/mol. The summed E-state index contributed by atoms with van der Waals surface area (Å²) in [4.78, 5) is 23.4. The molecular weight excluding hydrogens is 198 g/mol. The van der Waals surface area contributed by atoms with Crippen LogP contribution in [0.5, 0.6) is 0 Å². The van der Waals surface area contributed by atoms with Gasteiger partial charge in [-0.2, -0.15) is 0 Å². The van der Waals surface area contributed by atoms with Crippen molar-refractivity contribution in [3.05, 3.63) is 0 Å². The van der Waals surface area contributed by atoms with E-state index in [2.05, 4.69) is 0 Å². The summed E-state index contributed by atoms with van der Waals surface area (Å²) < 4.78 is 4.88. The van der Waals surface area contributed by atoms with E-state index in [0.717, 1.165) is 0 Å². The van der Waals surface area contributed by atoms with Gasteiger partial charge in [0.25, 0.3) is 0 Å². The van der Waals surface area contributed by atoms with Crippen molar-refractivity contribution in [3.63, 3.8) is 0 Å². The van der Waals surface area contributed by atoms with E-state index in [1.165, 1.54) is 0 Å². The molecule has 5 nitrogen and oxygen atoms in total. The highest BCUT2D eigenvalue weighted by atomic mass is 16.5. The number of carboxylic acid groups (broad SMARTS) is 1. The maximum absolute atomic E-state index is 11.6. The second-order valence-electron chi connectivity index (χ2n) is 3.61. The molecule has 0 bridgehead atoms. The molecule has 0 aliphatic carbocycles. The number of hydrogen-bond acceptors (Lipinski definition) is 3. The van der Waals surface area contributed by atoms with Gasteiger partial charge in [-0.1, -0.05) is 6.92 Å². The smallest absolute Gasteiger partial charge is 0.303 e. The standard InChI is InChI=1S/C10H19NO4/c1-8(7-15-3)10(14)11(2)6-4-5-9(12)13/h8H,4-7H2,1-3H3,(H,12,13). The van der Waals surface area contributed by atoms with E-state index in [9.17, 15) is 9.59 Å². The van der Waals surface area contributed by atoms with Crippen LogP contribution in [0.2, 0.25) is 0 Å². The number of carbonyl (C=O) groups is 2. The minimum absolute atomic E-state index is 0.0118. The number of carboxylic acids is 1. The van der Waals surface area contributed by atoms with E-state index in [0.29, 0.717) is 19.6 Å². The molecule has 1 amide bonds. The number of ether oxygens (including phenoxy) is 1. The number of carbonyl (C=O) groups excluding carboxylic acids is 1. The van der Waals surface area contributed by atoms with Gasteiger partial charge in [0.15, 0.2) is 0 Å². The first-order valence-electron chi connectivity index (χ1n) is 4.94. The van der Waals surface area contributed by atoms with Gasteiger partial charge < -0.3 is 14.7 Å². The Morgan fingerprint density at radius 2 is 2.07 bits per heavy atom. The van der Waals surface area contributed by atoms with Gasteiger partial charge in [0.05, 0.1) is 12.5 Å². The Bertz CT molecular complexity index is 217. The molecule has 0 radical (unpaired) electrons. The first-order valence-corrected chi connectivity index (χ1v) is 4.94. The highest BCUT2D eigenvalue weighted by molar-refractivity contribution is 5.78. The Morgan fingerprint density at radius 1 is 1.47 bits per heavy atom. The third-order valence-corrected chi connectivity index (χ3v) is 2.10. The van der Waals surface area contributed by atoms with Crippen LogP contribution in [0.1, 0.15) is 19.8 Å². The van der Waals surface area contributed by atoms with Gasteiger partial charge >= 0.3 is 5.97 Å². The van der Waals surface area contributed by atoms with Crippen LogP contribution in [0.15, 0.2) is 0 Å². The average Bonchev–Trinajstić information content (AvgIpc) is 2.16. The van der Waals surface area contributed by atoms with Crippen molar-refractivity contribution < 1.29 is 19.4 Å². The minimum Gasteiger partial charge on any atom is -0.481 e. The Balaban J connectivity index is 3.82. The van der Waals surface area contributed by atoms with Crippen molar-refractivity contribution in [2.75, 3.05) is 27.3 Å². The topological polar surface area (TPSA) is 66.8 Å². The number of nitrogens with zero attached hydrogens (tertiary/aromatic N) is 1. The Morgan fingerprint density at radius 3 is 2.53 bits per heavy atom. The minimum atomic E-state index is -0.833. The van der Waals surface area contributed by atoms with Crippen LogP contribution in [0.3, 0.4) is 0 Å². The maximum atomic E-state index is 11.6. The van der Waals surface area contributed by atoms with Gasteiger partial charge in [-0.05, 0) is 6.42 Å². The molecule has 1 atom stereocenters. The quantitative estimate of drug-likeness (QED) is 0.678. The van der Waals surface area contributed by atoms with E-state index in [1.54, 1.807) is 26.0 Å². The van der Waals surface area contributed by atoms with E-state index < -0.39 is 5.97 Å². The zero-order valence-corrected chi connectivity index (χ0v) is 9.52. The fraction of sp³-hybridized carbons (Fsp3) is 0.800. The van der Waals surface area contributed by atoms with Crippen LogP contribution < -0.4 is 0 Å². The molecule has 0 saturated heterocycles. The van der Waals surface area contributed by atoms with Crippen LogP contribution in [0.4, 0.5) is 0 Å². The summed E-state index contributed by atoms with van der Waals surface area (Å²) >= 11 is 0. The third-order valence-electron chi connectivity index (χ3n) is 2.10. The maximum Gasteiger partial charge on any atom is 0.303 e. The molecule has 0 aromatic heterocycles. The summed E-state index contributed by atoms with van der Waals surface area (Å²) in [7, 11) is 3.23. The second kappa shape index (κ2) is 7.23. The van der Waals surface area contributed by atoms with Crippen molar-refractivity contribution in [1.82, 2.24) is 4.90 Å². The molecule has 0 spiro atoms. The van der Waals surface area contributed by atoms with E-state index in [-0.39, 0.29) is 18.2 Å². The Hall–Kier alpha value is -1.10. The van der Waals surface area contributed by atoms with Crippen molar-refractivity contribution in [3.8, 4) is 0 Å². The zero-order chi connectivity index (χ0) is 11.8. The highest BCUT2D eigenvalue weighted by Gasteiger charge is 2.16. The highest BCUT2D eigenvalue weighted by Crippen LogP contribution is 2.02. The molecule has 0 fully saturated rings. The molecule has 1 N–H and O–H groups in total. The first kappa shape index (κ1) is 13.9. The second-order valence-corrected chi connectivity index (χ2v) is 3.61. The molecule has 0 aliphatic heterocycles. The normalized spacial score (nSPS) is 12.2. The van der Waals surface area contributed by atoms with E-state index in [4.69, 9.17) is 9.84 Å². The summed E-state index contributed by atoms with van der Waals surface area (Å²) in [6.07, 6.45) is 0.577. The molecule has 15 heavy (non-hydrogen) atoms. The molecule has 0 rings (SSSR count). The van der Waals surface area contributed by atoms with Gasteiger partial charge in [0.2, 0.25) is 5.91 Å². The number of rotatable bonds is 7. The number of methoxy groups -OCH3 is 1. The fourth-order valence-corrected chi connectivity index (χ4v) is 1.28. The third kappa shape index (κ3) is 6.06. The number of amides is 1. The van der Waals surface area contributed by atoms with E-state index in [1.807, 2.05) is 0 Å². The molecule has 0 aliphatic rings. The van der Waals surface area contributed by atoms with Gasteiger partial charge in [-0.15, -0.1) is 0 Å². The number of hydrogen-bond donors (Lipinski definition) is 1. The molecule has 0 heterocycles. The first-order chi connectivity index (χ1) is 6.99. The fourth-order valence-electron chi connectivity index (χ4n) is 1.28. The summed E-state index contributed by atoms with van der Waals surface area (Å²) in [5.74, 6) is -1.02. The van der Waals surface area contributed by atoms with Crippen molar-refractivity contribution in [1.29, 1.82) is 0 Å². The Labute approximate surface area is 90.0 Å². The summed E-state index contributed by atoms with van der Waals surface area (Å²) in [6.45, 7) is 2.65. The molecule has 0 aromatic carbocycles. The molecule has 88 valence electrons. The van der Waals surface area contributed by atoms with Gasteiger partial charge in [0.1, 0.15) is 0 Å². The predicted molar refractivity (Wildman–Crippen MR) is 55.5 cm³/mol. The lowest BCUT2D eigenvalue weighted by molar-refractivity contribution is -0.139. The van der Waals surface area contributed by atoms with Gasteiger partial charge in [-0.25, -0.2) is 0 Å². The number of aliphatic carboxylic acids is 1. The van der Waals surface area contributed by atoms with Crippen molar-refractivity contribution in [2.45, 2.75) is 19.8 Å². The summed E-state index contributed by atoms with van der Waals surface area (Å²) in [5.41, 5.74) is 0. The summed E-state index contributed by atoms with van der Waals surface area (Å²) in [6, 6.07) is 0. The summed E-state index contributed by atoms with van der Waals surface area (Å²) in [5, 5.41) is 8.43. The molecular formula is C10H19NO4. The van der Waals surface area contributed by atoms with Crippen LogP contribution in [-0.2, 0) is 14.3 Å². The van der Waals surface area contributed by atoms with Crippen molar-refractivity contribution >= 4 is 11.9 Å². The van der Waals surface area contributed by atoms with Crippen LogP contribution in [0.25, 0.3) is 0 Å². The molecule has 0 saturated carbocycles. The molecule has 0 aromatic rings. The molecule has 1 unspecified atom stereocenters. The van der Waals surface area contributed by atoms with Crippen LogP contribution in [-0.4, -0.2) is 49.2 Å². The van der Waals surface area contributed by atoms with E-state index >= 15 is 0 Å². The predicted octanol–water partition coefficient (Wildman–Crippen LogP) is 0.592. The molecule has 5 heteroatoms. The zero-order valence-electron chi connectivity index (χ0n) is 9.52. The lowest BCUT2D eigenvalue weighted by Crippen LogP contribution is -2.34.